The molecule has 0 heterocycles. The van der Waals surface area contributed by atoms with Crippen molar-refractivity contribution in [2.24, 2.45) is 0 Å². The van der Waals surface area contributed by atoms with Gasteiger partial charge in [0.25, 0.3) is 5.91 Å². The Morgan fingerprint density at radius 3 is 2.36 bits per heavy atom. The summed E-state index contributed by atoms with van der Waals surface area (Å²) in [4.78, 5) is 15.1. The minimum absolute atomic E-state index is 0.112. The third-order valence-corrected chi connectivity index (χ3v) is 5.82. The average Bonchev–Trinajstić information content (AvgIpc) is 3.39. The lowest BCUT2D eigenvalue weighted by molar-refractivity contribution is 0.0673. The van der Waals surface area contributed by atoms with E-state index in [1.54, 1.807) is 12.1 Å². The van der Waals surface area contributed by atoms with Crippen LogP contribution in [0.1, 0.15) is 41.7 Å². The number of rotatable bonds is 5. The molecule has 3 rings (SSSR count). The van der Waals surface area contributed by atoms with Gasteiger partial charge < -0.3 is 4.90 Å². The fraction of sp³-hybridized carbons (Fsp3) is 0.316. The van der Waals surface area contributed by atoms with Crippen molar-refractivity contribution in [3.63, 3.8) is 0 Å². The zero-order valence-corrected chi connectivity index (χ0v) is 15.7. The molecular formula is C19H20ClNO3S. The molecule has 1 aliphatic rings. The molecule has 0 N–H and O–H groups in total. The van der Waals surface area contributed by atoms with E-state index in [0.717, 1.165) is 24.7 Å². The van der Waals surface area contributed by atoms with E-state index in [1.807, 2.05) is 36.1 Å². The van der Waals surface area contributed by atoms with Crippen molar-refractivity contribution < 1.29 is 13.2 Å². The number of hydrogen-bond donors (Lipinski definition) is 0. The summed E-state index contributed by atoms with van der Waals surface area (Å²) in [5.74, 6) is -0.143. The molecule has 132 valence electrons. The van der Waals surface area contributed by atoms with Crippen LogP contribution in [0.2, 0.25) is 5.02 Å². The van der Waals surface area contributed by atoms with Gasteiger partial charge in [-0.05, 0) is 55.7 Å². The summed E-state index contributed by atoms with van der Waals surface area (Å²) in [6.45, 7) is 1.99. The Morgan fingerprint density at radius 1 is 1.16 bits per heavy atom. The van der Waals surface area contributed by atoms with Crippen LogP contribution < -0.4 is 0 Å². The molecule has 1 atom stereocenters. The predicted molar refractivity (Wildman–Crippen MR) is 98.6 cm³/mol. The number of carbonyl (C=O) groups excluding carboxylic acids is 1. The number of carbonyl (C=O) groups is 1. The van der Waals surface area contributed by atoms with Gasteiger partial charge in [0, 0.05) is 22.9 Å². The molecule has 0 spiro atoms. The van der Waals surface area contributed by atoms with Crippen molar-refractivity contribution in [2.75, 3.05) is 6.26 Å². The van der Waals surface area contributed by atoms with E-state index in [1.165, 1.54) is 12.1 Å². The summed E-state index contributed by atoms with van der Waals surface area (Å²) >= 11 is 5.95. The number of nitrogens with zero attached hydrogens (tertiary/aromatic N) is 1. The number of hydrogen-bond acceptors (Lipinski definition) is 3. The first kappa shape index (κ1) is 18.0. The molecule has 0 aliphatic heterocycles. The van der Waals surface area contributed by atoms with Gasteiger partial charge in [-0.2, -0.15) is 0 Å². The van der Waals surface area contributed by atoms with Gasteiger partial charge in [-0.3, -0.25) is 4.79 Å². The van der Waals surface area contributed by atoms with Gasteiger partial charge in [-0.15, -0.1) is 0 Å². The van der Waals surface area contributed by atoms with Crippen LogP contribution in [0.25, 0.3) is 0 Å². The highest BCUT2D eigenvalue weighted by Crippen LogP contribution is 2.36. The van der Waals surface area contributed by atoms with Crippen LogP contribution in [-0.4, -0.2) is 31.5 Å². The van der Waals surface area contributed by atoms with Crippen LogP contribution in [0.3, 0.4) is 0 Å². The minimum atomic E-state index is -3.35. The number of halogens is 1. The quantitative estimate of drug-likeness (QED) is 0.787. The maximum atomic E-state index is 13.1. The monoisotopic (exact) mass is 377 g/mol. The molecule has 0 radical (unpaired) electrons. The molecule has 1 unspecified atom stereocenters. The smallest absolute Gasteiger partial charge is 0.254 e. The highest BCUT2D eigenvalue weighted by atomic mass is 35.5. The van der Waals surface area contributed by atoms with Gasteiger partial charge in [-0.25, -0.2) is 8.42 Å². The van der Waals surface area contributed by atoms with Crippen LogP contribution in [0.4, 0.5) is 0 Å². The first-order valence-electron chi connectivity index (χ1n) is 8.15. The first-order chi connectivity index (χ1) is 11.8. The summed E-state index contributed by atoms with van der Waals surface area (Å²) in [5, 5.41) is 0.654. The maximum Gasteiger partial charge on any atom is 0.254 e. The fourth-order valence-electron chi connectivity index (χ4n) is 2.92. The normalized spacial score (nSPS) is 15.6. The zero-order chi connectivity index (χ0) is 18.2. The van der Waals surface area contributed by atoms with E-state index in [2.05, 4.69) is 0 Å². The van der Waals surface area contributed by atoms with E-state index < -0.39 is 9.84 Å². The van der Waals surface area contributed by atoms with Crippen molar-refractivity contribution >= 4 is 27.3 Å². The SMILES string of the molecule is CC(c1ccc(Cl)cc1)N(C(=O)c1cccc(S(C)(=O)=O)c1)C1CC1. The molecule has 0 bridgehead atoms. The Labute approximate surface area is 153 Å². The zero-order valence-electron chi connectivity index (χ0n) is 14.1. The average molecular weight is 378 g/mol. The summed E-state index contributed by atoms with van der Waals surface area (Å²) < 4.78 is 23.5. The molecule has 1 fully saturated rings. The second kappa shape index (κ2) is 6.81. The first-order valence-corrected chi connectivity index (χ1v) is 10.4. The summed E-state index contributed by atoms with van der Waals surface area (Å²) in [6, 6.07) is 13.8. The Balaban J connectivity index is 1.93. The van der Waals surface area contributed by atoms with Crippen molar-refractivity contribution in [2.45, 2.75) is 36.7 Å². The Morgan fingerprint density at radius 2 is 1.80 bits per heavy atom. The number of sulfone groups is 1. The van der Waals surface area contributed by atoms with Crippen LogP contribution >= 0.6 is 11.6 Å². The fourth-order valence-corrected chi connectivity index (χ4v) is 3.71. The molecule has 1 aliphatic carbocycles. The van der Waals surface area contributed by atoms with E-state index in [0.29, 0.717) is 10.6 Å². The van der Waals surface area contributed by atoms with Gasteiger partial charge >= 0.3 is 0 Å². The van der Waals surface area contributed by atoms with Gasteiger partial charge in [0.1, 0.15) is 0 Å². The number of benzene rings is 2. The van der Waals surface area contributed by atoms with Gasteiger partial charge in [0.2, 0.25) is 0 Å². The predicted octanol–water partition coefficient (Wildman–Crippen LogP) is 4.11. The molecule has 1 saturated carbocycles. The summed E-state index contributed by atoms with van der Waals surface area (Å²) in [5.41, 5.74) is 1.40. The molecule has 6 heteroatoms. The van der Waals surface area contributed by atoms with Crippen molar-refractivity contribution in [3.05, 3.63) is 64.7 Å². The second-order valence-electron chi connectivity index (χ2n) is 6.47. The minimum Gasteiger partial charge on any atom is -0.329 e. The molecule has 0 aromatic heterocycles. The Hall–Kier alpha value is -1.85. The molecular weight excluding hydrogens is 358 g/mol. The third kappa shape index (κ3) is 4.05. The number of amides is 1. The van der Waals surface area contributed by atoms with E-state index in [4.69, 9.17) is 11.6 Å². The summed E-state index contributed by atoms with van der Waals surface area (Å²) in [7, 11) is -3.35. The third-order valence-electron chi connectivity index (χ3n) is 4.45. The van der Waals surface area contributed by atoms with Gasteiger partial charge in [-0.1, -0.05) is 29.8 Å². The van der Waals surface area contributed by atoms with Crippen molar-refractivity contribution in [3.8, 4) is 0 Å². The van der Waals surface area contributed by atoms with Gasteiger partial charge in [0.15, 0.2) is 9.84 Å². The standard InChI is InChI=1S/C19H20ClNO3S/c1-13(14-6-8-16(20)9-7-14)21(17-10-11-17)19(22)15-4-3-5-18(12-15)25(2,23)24/h3-9,12-13,17H,10-11H2,1-2H3. The van der Waals surface area contributed by atoms with Crippen LogP contribution in [0.5, 0.6) is 0 Å². The second-order valence-corrected chi connectivity index (χ2v) is 8.92. The summed E-state index contributed by atoms with van der Waals surface area (Å²) in [6.07, 6.45) is 3.08. The highest BCUT2D eigenvalue weighted by molar-refractivity contribution is 7.90. The van der Waals surface area contributed by atoms with Crippen LogP contribution in [0, 0.1) is 0 Å². The molecule has 25 heavy (non-hydrogen) atoms. The topological polar surface area (TPSA) is 54.5 Å². The largest absolute Gasteiger partial charge is 0.329 e. The Bertz CT molecular complexity index is 889. The molecule has 1 amide bonds. The van der Waals surface area contributed by atoms with Crippen LogP contribution in [0.15, 0.2) is 53.4 Å². The highest BCUT2D eigenvalue weighted by Gasteiger charge is 2.36. The van der Waals surface area contributed by atoms with E-state index in [-0.39, 0.29) is 22.9 Å². The molecule has 4 nitrogen and oxygen atoms in total. The van der Waals surface area contributed by atoms with E-state index >= 15 is 0 Å². The van der Waals surface area contributed by atoms with Crippen molar-refractivity contribution in [1.29, 1.82) is 0 Å². The maximum absolute atomic E-state index is 13.1. The Kier molecular flexibility index (Phi) is 4.89. The van der Waals surface area contributed by atoms with E-state index in [9.17, 15) is 13.2 Å². The molecule has 2 aromatic rings. The van der Waals surface area contributed by atoms with Gasteiger partial charge in [0.05, 0.1) is 10.9 Å². The molecule has 0 saturated heterocycles. The molecule has 2 aromatic carbocycles. The van der Waals surface area contributed by atoms with Crippen LogP contribution in [-0.2, 0) is 9.84 Å². The van der Waals surface area contributed by atoms with Crippen molar-refractivity contribution in [1.82, 2.24) is 4.90 Å². The lowest BCUT2D eigenvalue weighted by atomic mass is 10.1. The lowest BCUT2D eigenvalue weighted by Crippen LogP contribution is -2.35. The lowest BCUT2D eigenvalue weighted by Gasteiger charge is -2.30.